The first kappa shape index (κ1) is 15.8. The van der Waals surface area contributed by atoms with E-state index in [1.165, 1.54) is 0 Å². The minimum atomic E-state index is -0.0122. The number of benzene rings is 1. The molecule has 7 heteroatoms. The van der Waals surface area contributed by atoms with Gasteiger partial charge < -0.3 is 15.4 Å². The third-order valence-corrected chi connectivity index (χ3v) is 4.11. The Labute approximate surface area is 140 Å². The molecule has 0 radical (unpaired) electrons. The summed E-state index contributed by atoms with van der Waals surface area (Å²) in [5.41, 5.74) is 7.22. The second kappa shape index (κ2) is 7.48. The molecule has 2 heterocycles. The van der Waals surface area contributed by atoms with Gasteiger partial charge in [0, 0.05) is 30.5 Å². The maximum absolute atomic E-state index is 6.12. The molecule has 0 saturated carbocycles. The van der Waals surface area contributed by atoms with Crippen LogP contribution in [0.25, 0.3) is 0 Å². The van der Waals surface area contributed by atoms with Crippen LogP contribution >= 0.6 is 11.6 Å². The van der Waals surface area contributed by atoms with Gasteiger partial charge >= 0.3 is 0 Å². The topological polar surface area (TPSA) is 68.7 Å². The number of rotatable bonds is 4. The fraction of sp³-hybridized carbons (Fsp3) is 0.375. The third kappa shape index (κ3) is 4.03. The van der Waals surface area contributed by atoms with E-state index in [2.05, 4.69) is 10.1 Å². The minimum Gasteiger partial charge on any atom is -0.378 e. The van der Waals surface area contributed by atoms with Gasteiger partial charge in [0.1, 0.15) is 0 Å². The van der Waals surface area contributed by atoms with Crippen LogP contribution in [-0.2, 0) is 4.74 Å². The molecule has 1 aromatic carbocycles. The summed E-state index contributed by atoms with van der Waals surface area (Å²) in [6, 6.07) is 9.63. The quantitative estimate of drug-likeness (QED) is 0.684. The highest BCUT2D eigenvalue weighted by molar-refractivity contribution is 6.30. The molecule has 0 bridgehead atoms. The molecule has 1 fully saturated rings. The Morgan fingerprint density at radius 3 is 2.70 bits per heavy atom. The van der Waals surface area contributed by atoms with Crippen molar-refractivity contribution in [2.24, 2.45) is 10.7 Å². The number of nitrogens with two attached hydrogens (primary N) is 1. The number of hydrogen-bond donors (Lipinski definition) is 1. The van der Waals surface area contributed by atoms with E-state index in [4.69, 9.17) is 22.1 Å². The summed E-state index contributed by atoms with van der Waals surface area (Å²) in [5, 5.41) is 5.06. The van der Waals surface area contributed by atoms with E-state index >= 15 is 0 Å². The first-order valence-corrected chi connectivity index (χ1v) is 7.99. The van der Waals surface area contributed by atoms with E-state index < -0.39 is 0 Å². The van der Waals surface area contributed by atoms with Crippen molar-refractivity contribution >= 4 is 17.6 Å². The monoisotopic (exact) mass is 333 g/mol. The lowest BCUT2D eigenvalue weighted by Gasteiger charge is -2.28. The highest BCUT2D eigenvalue weighted by Gasteiger charge is 2.16. The number of nitrogens with zero attached hydrogens (tertiary/aromatic N) is 4. The van der Waals surface area contributed by atoms with Crippen LogP contribution in [0.3, 0.4) is 0 Å². The molecule has 0 amide bonds. The number of aliphatic imine (C=N–C) groups is 1. The Balaban J connectivity index is 1.77. The molecule has 1 aliphatic heterocycles. The van der Waals surface area contributed by atoms with Crippen LogP contribution in [0.4, 0.5) is 0 Å². The van der Waals surface area contributed by atoms with Crippen molar-refractivity contribution < 1.29 is 4.74 Å². The molecule has 1 atom stereocenters. The molecular weight excluding hydrogens is 314 g/mol. The van der Waals surface area contributed by atoms with Crippen LogP contribution in [0.15, 0.2) is 47.7 Å². The lowest BCUT2D eigenvalue weighted by molar-refractivity contribution is 0.0674. The molecule has 23 heavy (non-hydrogen) atoms. The number of ether oxygens (including phenoxy) is 1. The van der Waals surface area contributed by atoms with Gasteiger partial charge in [0.2, 0.25) is 0 Å². The lowest BCUT2D eigenvalue weighted by atomic mass is 10.1. The molecule has 0 spiro atoms. The molecule has 1 aliphatic rings. The van der Waals surface area contributed by atoms with Gasteiger partial charge in [0.05, 0.1) is 25.8 Å². The second-order valence-corrected chi connectivity index (χ2v) is 5.79. The van der Waals surface area contributed by atoms with E-state index in [9.17, 15) is 0 Å². The van der Waals surface area contributed by atoms with Crippen LogP contribution in [0.5, 0.6) is 0 Å². The first-order valence-electron chi connectivity index (χ1n) is 7.61. The van der Waals surface area contributed by atoms with E-state index in [1.54, 1.807) is 6.20 Å². The first-order chi connectivity index (χ1) is 11.2. The average molecular weight is 334 g/mol. The van der Waals surface area contributed by atoms with Gasteiger partial charge in [0.25, 0.3) is 0 Å². The Kier molecular flexibility index (Phi) is 5.15. The normalized spacial score (nSPS) is 17.3. The lowest BCUT2D eigenvalue weighted by Crippen LogP contribution is -2.45. The van der Waals surface area contributed by atoms with Crippen molar-refractivity contribution in [3.05, 3.63) is 53.3 Å². The van der Waals surface area contributed by atoms with Gasteiger partial charge in [-0.15, -0.1) is 0 Å². The highest BCUT2D eigenvalue weighted by atomic mass is 35.5. The molecule has 6 nitrogen and oxygen atoms in total. The fourth-order valence-electron chi connectivity index (χ4n) is 2.56. The van der Waals surface area contributed by atoms with E-state index in [0.29, 0.717) is 30.7 Å². The van der Waals surface area contributed by atoms with E-state index in [-0.39, 0.29) is 6.04 Å². The number of morpholine rings is 1. The molecule has 0 aliphatic carbocycles. The summed E-state index contributed by atoms with van der Waals surface area (Å²) in [5.74, 6) is 0.555. The summed E-state index contributed by atoms with van der Waals surface area (Å²) in [6.45, 7) is 3.46. The molecule has 3 rings (SSSR count). The largest absolute Gasteiger partial charge is 0.378 e. The van der Waals surface area contributed by atoms with Crippen molar-refractivity contribution in [2.75, 3.05) is 32.8 Å². The van der Waals surface area contributed by atoms with Gasteiger partial charge in [-0.2, -0.15) is 5.10 Å². The summed E-state index contributed by atoms with van der Waals surface area (Å²) in [6.07, 6.45) is 3.69. The number of hydrogen-bond acceptors (Lipinski definition) is 3. The van der Waals surface area contributed by atoms with Crippen molar-refractivity contribution in [2.45, 2.75) is 6.04 Å². The zero-order valence-electron chi connectivity index (χ0n) is 12.8. The standard InChI is InChI=1S/C16H20ClN5O/c17-14-4-2-13(3-5-14)15(22-7-1-6-20-22)12-19-16(18)21-8-10-23-11-9-21/h1-7,15H,8-12H2,(H2,18,19). The predicted octanol–water partition coefficient (Wildman–Crippen LogP) is 1.77. The predicted molar refractivity (Wildman–Crippen MR) is 90.7 cm³/mol. The second-order valence-electron chi connectivity index (χ2n) is 5.35. The highest BCUT2D eigenvalue weighted by Crippen LogP contribution is 2.20. The minimum absolute atomic E-state index is 0.0122. The summed E-state index contributed by atoms with van der Waals surface area (Å²) in [7, 11) is 0. The van der Waals surface area contributed by atoms with Gasteiger partial charge in [-0.1, -0.05) is 23.7 Å². The number of halogens is 1. The SMILES string of the molecule is NC(=NCC(c1ccc(Cl)cc1)n1cccn1)N1CCOCC1. The van der Waals surface area contributed by atoms with Gasteiger partial charge in [-0.3, -0.25) is 9.67 Å². The Morgan fingerprint density at radius 2 is 2.04 bits per heavy atom. The third-order valence-electron chi connectivity index (χ3n) is 3.86. The van der Waals surface area contributed by atoms with Crippen LogP contribution in [0.2, 0.25) is 5.02 Å². The summed E-state index contributed by atoms with van der Waals surface area (Å²) < 4.78 is 7.22. The van der Waals surface area contributed by atoms with Crippen molar-refractivity contribution in [1.29, 1.82) is 0 Å². The fourth-order valence-corrected chi connectivity index (χ4v) is 2.69. The Bertz CT molecular complexity index is 635. The Morgan fingerprint density at radius 1 is 1.30 bits per heavy atom. The zero-order valence-corrected chi connectivity index (χ0v) is 13.6. The average Bonchev–Trinajstić information content (AvgIpc) is 3.11. The van der Waals surface area contributed by atoms with Gasteiger partial charge in [-0.05, 0) is 23.8 Å². The zero-order chi connectivity index (χ0) is 16.1. The molecule has 122 valence electrons. The Hall–Kier alpha value is -2.05. The van der Waals surface area contributed by atoms with Gasteiger partial charge in [-0.25, -0.2) is 0 Å². The van der Waals surface area contributed by atoms with Crippen LogP contribution in [0.1, 0.15) is 11.6 Å². The summed E-state index contributed by atoms with van der Waals surface area (Å²) in [4.78, 5) is 6.62. The van der Waals surface area contributed by atoms with E-state index in [1.807, 2.05) is 46.1 Å². The number of guanidine groups is 1. The molecule has 1 saturated heterocycles. The van der Waals surface area contributed by atoms with Crippen LogP contribution < -0.4 is 5.73 Å². The molecule has 2 N–H and O–H groups in total. The molecule has 1 aromatic heterocycles. The van der Waals surface area contributed by atoms with E-state index in [0.717, 1.165) is 18.7 Å². The summed E-state index contributed by atoms with van der Waals surface area (Å²) >= 11 is 5.98. The van der Waals surface area contributed by atoms with Crippen molar-refractivity contribution in [3.63, 3.8) is 0 Å². The van der Waals surface area contributed by atoms with Gasteiger partial charge in [0.15, 0.2) is 5.96 Å². The molecule has 1 unspecified atom stereocenters. The molecular formula is C16H20ClN5O. The molecule has 2 aromatic rings. The van der Waals surface area contributed by atoms with Crippen molar-refractivity contribution in [3.8, 4) is 0 Å². The van der Waals surface area contributed by atoms with Crippen LogP contribution in [-0.4, -0.2) is 53.5 Å². The maximum atomic E-state index is 6.12. The maximum Gasteiger partial charge on any atom is 0.191 e. The number of aromatic nitrogens is 2. The van der Waals surface area contributed by atoms with Crippen molar-refractivity contribution in [1.82, 2.24) is 14.7 Å². The smallest absolute Gasteiger partial charge is 0.191 e. The van der Waals surface area contributed by atoms with Crippen LogP contribution in [0, 0.1) is 0 Å².